The van der Waals surface area contributed by atoms with Crippen molar-refractivity contribution in [1.82, 2.24) is 9.97 Å². The molecule has 2 aromatic heterocycles. The van der Waals surface area contributed by atoms with Crippen molar-refractivity contribution in [1.29, 1.82) is 0 Å². The van der Waals surface area contributed by atoms with Crippen LogP contribution >= 0.6 is 11.3 Å². The zero-order chi connectivity index (χ0) is 21.9. The van der Waals surface area contributed by atoms with Crippen LogP contribution in [0.2, 0.25) is 0 Å². The Hall–Kier alpha value is -3.83. The number of fused-ring (bicyclic) bond motifs is 1. The number of aromatic nitrogens is 2. The molecule has 1 N–H and O–H groups in total. The summed E-state index contributed by atoms with van der Waals surface area (Å²) in [5.74, 6) is -0.184. The number of hydrogen-bond donors (Lipinski definition) is 1. The molecule has 32 heavy (non-hydrogen) atoms. The summed E-state index contributed by atoms with van der Waals surface area (Å²) in [5, 5.41) is 4.46. The predicted octanol–water partition coefficient (Wildman–Crippen LogP) is 6.84. The number of nitrogens with zero attached hydrogens (tertiary/aromatic N) is 2. The first kappa shape index (κ1) is 20.1. The number of para-hydroxylation sites is 1. The quantitative estimate of drug-likeness (QED) is 0.329. The van der Waals surface area contributed by atoms with Crippen molar-refractivity contribution in [3.8, 4) is 22.5 Å². The fourth-order valence-corrected chi connectivity index (χ4v) is 4.67. The van der Waals surface area contributed by atoms with Crippen molar-refractivity contribution in [3.63, 3.8) is 0 Å². The van der Waals surface area contributed by atoms with E-state index in [0.29, 0.717) is 10.7 Å². The number of hydrogen-bond acceptors (Lipinski definition) is 4. The standard InChI is InChI=1S/C27H21N3OS/c1-2-24-25(19-13-7-4-8-14-19)29-27(32-24)30-26(31)21-17-23(18-11-5-3-6-12-18)28-22-16-10-9-15-20(21)22/h3-17H,2H2,1H3,(H,29,30,31). The summed E-state index contributed by atoms with van der Waals surface area (Å²) in [6, 6.07) is 29.6. The Morgan fingerprint density at radius 3 is 2.22 bits per heavy atom. The van der Waals surface area contributed by atoms with E-state index in [0.717, 1.165) is 44.7 Å². The molecule has 1 amide bonds. The Kier molecular flexibility index (Phi) is 5.48. The molecule has 2 heterocycles. The predicted molar refractivity (Wildman–Crippen MR) is 132 cm³/mol. The van der Waals surface area contributed by atoms with Crippen LogP contribution in [0.15, 0.2) is 91.0 Å². The van der Waals surface area contributed by atoms with E-state index >= 15 is 0 Å². The van der Waals surface area contributed by atoms with Gasteiger partial charge in [0, 0.05) is 21.4 Å². The van der Waals surface area contributed by atoms with Gasteiger partial charge in [-0.3, -0.25) is 10.1 Å². The van der Waals surface area contributed by atoms with E-state index in [4.69, 9.17) is 9.97 Å². The Balaban J connectivity index is 1.54. The third-order valence-electron chi connectivity index (χ3n) is 5.32. The van der Waals surface area contributed by atoms with Gasteiger partial charge in [-0.1, -0.05) is 85.8 Å². The monoisotopic (exact) mass is 435 g/mol. The molecule has 3 aromatic carbocycles. The third-order valence-corrected chi connectivity index (χ3v) is 6.43. The molecule has 156 valence electrons. The van der Waals surface area contributed by atoms with Crippen LogP contribution in [-0.2, 0) is 6.42 Å². The van der Waals surface area contributed by atoms with Crippen molar-refractivity contribution < 1.29 is 4.79 Å². The van der Waals surface area contributed by atoms with Gasteiger partial charge >= 0.3 is 0 Å². The van der Waals surface area contributed by atoms with Crippen molar-refractivity contribution in [3.05, 3.63) is 101 Å². The Morgan fingerprint density at radius 1 is 0.844 bits per heavy atom. The molecule has 0 saturated carbocycles. The number of thiazole rings is 1. The number of nitrogens with one attached hydrogen (secondary N) is 1. The van der Waals surface area contributed by atoms with E-state index in [2.05, 4.69) is 12.2 Å². The van der Waals surface area contributed by atoms with Gasteiger partial charge in [-0.2, -0.15) is 0 Å². The Bertz CT molecular complexity index is 1390. The average Bonchev–Trinajstić information content (AvgIpc) is 3.27. The normalized spacial score (nSPS) is 10.9. The minimum absolute atomic E-state index is 0.184. The molecule has 0 aliphatic rings. The van der Waals surface area contributed by atoms with Gasteiger partial charge in [0.05, 0.1) is 22.5 Å². The summed E-state index contributed by atoms with van der Waals surface area (Å²) in [4.78, 5) is 24.1. The number of rotatable bonds is 5. The highest BCUT2D eigenvalue weighted by molar-refractivity contribution is 7.16. The summed E-state index contributed by atoms with van der Waals surface area (Å²) < 4.78 is 0. The van der Waals surface area contributed by atoms with Gasteiger partial charge in [0.25, 0.3) is 5.91 Å². The molecular weight excluding hydrogens is 414 g/mol. The molecule has 0 radical (unpaired) electrons. The molecule has 5 aromatic rings. The highest BCUT2D eigenvalue weighted by Gasteiger charge is 2.17. The zero-order valence-corrected chi connectivity index (χ0v) is 18.4. The number of anilines is 1. The fraction of sp³-hybridized carbons (Fsp3) is 0.0741. The zero-order valence-electron chi connectivity index (χ0n) is 17.6. The van der Waals surface area contributed by atoms with Crippen molar-refractivity contribution in [2.45, 2.75) is 13.3 Å². The molecule has 0 aliphatic carbocycles. The maximum Gasteiger partial charge on any atom is 0.258 e. The number of pyridine rings is 1. The van der Waals surface area contributed by atoms with E-state index < -0.39 is 0 Å². The second-order valence-electron chi connectivity index (χ2n) is 7.40. The van der Waals surface area contributed by atoms with Gasteiger partial charge in [-0.05, 0) is 18.6 Å². The summed E-state index contributed by atoms with van der Waals surface area (Å²) in [7, 11) is 0. The second-order valence-corrected chi connectivity index (χ2v) is 8.49. The van der Waals surface area contributed by atoms with Crippen molar-refractivity contribution in [2.24, 2.45) is 0 Å². The van der Waals surface area contributed by atoms with Gasteiger partial charge in [0.1, 0.15) is 0 Å². The molecule has 0 aliphatic heterocycles. The van der Waals surface area contributed by atoms with Crippen LogP contribution in [0.4, 0.5) is 5.13 Å². The van der Waals surface area contributed by atoms with Gasteiger partial charge in [-0.25, -0.2) is 9.97 Å². The molecule has 0 fully saturated rings. The highest BCUT2D eigenvalue weighted by atomic mass is 32.1. The largest absolute Gasteiger partial charge is 0.298 e. The number of amides is 1. The van der Waals surface area contributed by atoms with Gasteiger partial charge in [-0.15, -0.1) is 11.3 Å². The van der Waals surface area contributed by atoms with E-state index in [1.54, 1.807) is 0 Å². The van der Waals surface area contributed by atoms with E-state index in [9.17, 15) is 4.79 Å². The van der Waals surface area contributed by atoms with Crippen LogP contribution in [-0.4, -0.2) is 15.9 Å². The number of aryl methyl sites for hydroxylation is 1. The second kappa shape index (κ2) is 8.73. The smallest absolute Gasteiger partial charge is 0.258 e. The Morgan fingerprint density at radius 2 is 1.50 bits per heavy atom. The molecule has 5 heteroatoms. The molecule has 4 nitrogen and oxygen atoms in total. The number of carbonyl (C=O) groups is 1. The highest BCUT2D eigenvalue weighted by Crippen LogP contribution is 2.32. The summed E-state index contributed by atoms with van der Waals surface area (Å²) in [6.45, 7) is 2.11. The SMILES string of the molecule is CCc1sc(NC(=O)c2cc(-c3ccccc3)nc3ccccc23)nc1-c1ccccc1. The summed E-state index contributed by atoms with van der Waals surface area (Å²) >= 11 is 1.52. The first-order valence-corrected chi connectivity index (χ1v) is 11.4. The van der Waals surface area contributed by atoms with Gasteiger partial charge in [0.15, 0.2) is 5.13 Å². The molecule has 5 rings (SSSR count). The molecular formula is C27H21N3OS. The van der Waals surface area contributed by atoms with Gasteiger partial charge < -0.3 is 0 Å². The lowest BCUT2D eigenvalue weighted by Gasteiger charge is -2.09. The van der Waals surface area contributed by atoms with E-state index in [1.807, 2.05) is 91.0 Å². The maximum atomic E-state index is 13.4. The summed E-state index contributed by atoms with van der Waals surface area (Å²) in [5.41, 5.74) is 5.11. The molecule has 0 spiro atoms. The van der Waals surface area contributed by atoms with Crippen LogP contribution in [0.25, 0.3) is 33.4 Å². The topological polar surface area (TPSA) is 54.9 Å². The van der Waals surface area contributed by atoms with Crippen LogP contribution in [0.3, 0.4) is 0 Å². The first-order chi connectivity index (χ1) is 15.7. The van der Waals surface area contributed by atoms with Crippen molar-refractivity contribution >= 4 is 33.3 Å². The van der Waals surface area contributed by atoms with Crippen LogP contribution in [0.5, 0.6) is 0 Å². The third kappa shape index (κ3) is 3.90. The van der Waals surface area contributed by atoms with Crippen LogP contribution in [0.1, 0.15) is 22.2 Å². The average molecular weight is 436 g/mol. The lowest BCUT2D eigenvalue weighted by molar-refractivity contribution is 0.102. The minimum Gasteiger partial charge on any atom is -0.298 e. The fourth-order valence-electron chi connectivity index (χ4n) is 3.75. The van der Waals surface area contributed by atoms with Crippen LogP contribution < -0.4 is 5.32 Å². The molecule has 0 saturated heterocycles. The molecule has 0 atom stereocenters. The summed E-state index contributed by atoms with van der Waals surface area (Å²) in [6.07, 6.45) is 0.855. The van der Waals surface area contributed by atoms with Crippen LogP contribution in [0, 0.1) is 0 Å². The lowest BCUT2D eigenvalue weighted by Crippen LogP contribution is -2.13. The number of carbonyl (C=O) groups excluding carboxylic acids is 1. The maximum absolute atomic E-state index is 13.4. The molecule has 0 unspecified atom stereocenters. The van der Waals surface area contributed by atoms with Gasteiger partial charge in [0.2, 0.25) is 0 Å². The Labute approximate surface area is 190 Å². The minimum atomic E-state index is -0.184. The van der Waals surface area contributed by atoms with E-state index in [1.165, 1.54) is 11.3 Å². The molecule has 0 bridgehead atoms. The first-order valence-electron chi connectivity index (χ1n) is 10.5. The number of benzene rings is 3. The van der Waals surface area contributed by atoms with E-state index in [-0.39, 0.29) is 5.91 Å². The lowest BCUT2D eigenvalue weighted by atomic mass is 10.0. The van der Waals surface area contributed by atoms with Crippen molar-refractivity contribution in [2.75, 3.05) is 5.32 Å².